The lowest BCUT2D eigenvalue weighted by Crippen LogP contribution is -2.33. The zero-order chi connectivity index (χ0) is 10.8. The summed E-state index contributed by atoms with van der Waals surface area (Å²) in [6.45, 7) is 5.77. The Kier molecular flexibility index (Phi) is 7.19. The van der Waals surface area contributed by atoms with Gasteiger partial charge in [-0.1, -0.05) is 6.58 Å². The van der Waals surface area contributed by atoms with Crippen molar-refractivity contribution in [3.05, 3.63) is 18.4 Å². The fraction of sp³-hybridized carbons (Fsp3) is 0.500. The van der Waals surface area contributed by atoms with Gasteiger partial charge < -0.3 is 10.6 Å². The standard InChI is InChI=1S/C10H16N2O2/c1-3-4-5-6-10(14)12-8-7-11-9(2)13/h4H,1,5-8H2,2H3,(H,11,13)(H,12,14). The fourth-order valence-corrected chi connectivity index (χ4v) is 0.834. The van der Waals surface area contributed by atoms with E-state index in [0.717, 1.165) is 0 Å². The fourth-order valence-electron chi connectivity index (χ4n) is 0.834. The van der Waals surface area contributed by atoms with Crippen LogP contribution in [0.1, 0.15) is 19.8 Å². The van der Waals surface area contributed by atoms with Crippen LogP contribution in [0.4, 0.5) is 0 Å². The average Bonchev–Trinajstić information content (AvgIpc) is 2.13. The van der Waals surface area contributed by atoms with Gasteiger partial charge in [0.05, 0.1) is 0 Å². The molecule has 0 aliphatic heterocycles. The third-order valence-electron chi connectivity index (χ3n) is 1.48. The zero-order valence-corrected chi connectivity index (χ0v) is 8.43. The average molecular weight is 196 g/mol. The molecule has 4 nitrogen and oxygen atoms in total. The third-order valence-corrected chi connectivity index (χ3v) is 1.48. The van der Waals surface area contributed by atoms with Crippen molar-refractivity contribution in [1.82, 2.24) is 10.6 Å². The summed E-state index contributed by atoms with van der Waals surface area (Å²) in [6, 6.07) is 0. The first kappa shape index (κ1) is 12.5. The predicted octanol–water partition coefficient (Wildman–Crippen LogP) is 0.360. The molecule has 2 amide bonds. The molecule has 0 aromatic rings. The largest absolute Gasteiger partial charge is 0.355 e. The van der Waals surface area contributed by atoms with Gasteiger partial charge in [-0.3, -0.25) is 9.59 Å². The SMILES string of the molecule is C=C=CCCC(=O)NCCNC(C)=O. The monoisotopic (exact) mass is 196 g/mol. The van der Waals surface area contributed by atoms with E-state index in [1.54, 1.807) is 6.08 Å². The van der Waals surface area contributed by atoms with Gasteiger partial charge in [-0.05, 0) is 12.5 Å². The van der Waals surface area contributed by atoms with Gasteiger partial charge >= 0.3 is 0 Å². The second-order valence-corrected chi connectivity index (χ2v) is 2.78. The summed E-state index contributed by atoms with van der Waals surface area (Å²) in [5.41, 5.74) is 2.59. The van der Waals surface area contributed by atoms with Crippen LogP contribution in [0.5, 0.6) is 0 Å². The molecule has 0 saturated heterocycles. The Balaban J connectivity index is 3.35. The van der Waals surface area contributed by atoms with Gasteiger partial charge in [0.15, 0.2) is 0 Å². The Morgan fingerprint density at radius 3 is 2.57 bits per heavy atom. The molecule has 0 saturated carbocycles. The van der Waals surface area contributed by atoms with Crippen molar-refractivity contribution < 1.29 is 9.59 Å². The van der Waals surface area contributed by atoms with E-state index < -0.39 is 0 Å². The van der Waals surface area contributed by atoms with Crippen molar-refractivity contribution in [1.29, 1.82) is 0 Å². The van der Waals surface area contributed by atoms with E-state index in [4.69, 9.17) is 0 Å². The normalized spacial score (nSPS) is 8.64. The Labute approximate surface area is 84.1 Å². The van der Waals surface area contributed by atoms with E-state index in [9.17, 15) is 9.59 Å². The lowest BCUT2D eigenvalue weighted by molar-refractivity contribution is -0.122. The van der Waals surface area contributed by atoms with Crippen LogP contribution in [0.25, 0.3) is 0 Å². The molecule has 0 rings (SSSR count). The van der Waals surface area contributed by atoms with Gasteiger partial charge in [0.1, 0.15) is 0 Å². The van der Waals surface area contributed by atoms with Gasteiger partial charge in [-0.15, -0.1) is 5.73 Å². The molecule has 0 bridgehead atoms. The lowest BCUT2D eigenvalue weighted by Gasteiger charge is -2.04. The van der Waals surface area contributed by atoms with Gasteiger partial charge in [0.2, 0.25) is 11.8 Å². The van der Waals surface area contributed by atoms with E-state index in [1.807, 2.05) is 0 Å². The van der Waals surface area contributed by atoms with Crippen molar-refractivity contribution in [3.63, 3.8) is 0 Å². The molecule has 0 aromatic carbocycles. The topological polar surface area (TPSA) is 58.2 Å². The van der Waals surface area contributed by atoms with E-state index >= 15 is 0 Å². The quantitative estimate of drug-likeness (QED) is 0.476. The number of hydrogen-bond donors (Lipinski definition) is 2. The van der Waals surface area contributed by atoms with Crippen LogP contribution in [-0.4, -0.2) is 24.9 Å². The van der Waals surface area contributed by atoms with Gasteiger partial charge in [-0.25, -0.2) is 0 Å². The Morgan fingerprint density at radius 2 is 2.00 bits per heavy atom. The number of allylic oxidation sites excluding steroid dienone is 1. The number of hydrogen-bond acceptors (Lipinski definition) is 2. The minimum atomic E-state index is -0.0890. The Bertz CT molecular complexity index is 243. The highest BCUT2D eigenvalue weighted by Crippen LogP contribution is 1.88. The summed E-state index contributed by atoms with van der Waals surface area (Å²) >= 11 is 0. The summed E-state index contributed by atoms with van der Waals surface area (Å²) in [7, 11) is 0. The maximum absolute atomic E-state index is 11.1. The van der Waals surface area contributed by atoms with Crippen LogP contribution in [-0.2, 0) is 9.59 Å². The van der Waals surface area contributed by atoms with E-state index in [-0.39, 0.29) is 11.8 Å². The van der Waals surface area contributed by atoms with Crippen molar-refractivity contribution in [2.75, 3.05) is 13.1 Å². The van der Waals surface area contributed by atoms with Crippen LogP contribution < -0.4 is 10.6 Å². The zero-order valence-electron chi connectivity index (χ0n) is 8.43. The predicted molar refractivity (Wildman–Crippen MR) is 54.6 cm³/mol. The first-order valence-electron chi connectivity index (χ1n) is 4.52. The highest BCUT2D eigenvalue weighted by atomic mass is 16.2. The Morgan fingerprint density at radius 1 is 1.36 bits per heavy atom. The molecular formula is C10H16N2O2. The van der Waals surface area contributed by atoms with Crippen molar-refractivity contribution >= 4 is 11.8 Å². The lowest BCUT2D eigenvalue weighted by atomic mass is 10.3. The van der Waals surface area contributed by atoms with E-state index in [2.05, 4.69) is 22.9 Å². The van der Waals surface area contributed by atoms with Crippen molar-refractivity contribution in [2.24, 2.45) is 0 Å². The van der Waals surface area contributed by atoms with Crippen LogP contribution in [0.3, 0.4) is 0 Å². The number of carbonyl (C=O) groups is 2. The first-order chi connectivity index (χ1) is 6.66. The van der Waals surface area contributed by atoms with Crippen molar-refractivity contribution in [2.45, 2.75) is 19.8 Å². The highest BCUT2D eigenvalue weighted by Gasteiger charge is 1.98. The molecule has 14 heavy (non-hydrogen) atoms. The molecule has 0 aliphatic rings. The van der Waals surface area contributed by atoms with Crippen LogP contribution >= 0.6 is 0 Å². The van der Waals surface area contributed by atoms with Gasteiger partial charge in [0.25, 0.3) is 0 Å². The number of amides is 2. The highest BCUT2D eigenvalue weighted by molar-refractivity contribution is 5.76. The molecule has 0 aliphatic carbocycles. The maximum Gasteiger partial charge on any atom is 0.220 e. The van der Waals surface area contributed by atoms with Crippen LogP contribution in [0.2, 0.25) is 0 Å². The number of carbonyl (C=O) groups excluding carboxylic acids is 2. The van der Waals surface area contributed by atoms with Crippen LogP contribution in [0.15, 0.2) is 18.4 Å². The minimum absolute atomic E-state index is 0.0261. The molecule has 0 unspecified atom stereocenters. The van der Waals surface area contributed by atoms with E-state index in [0.29, 0.717) is 25.9 Å². The smallest absolute Gasteiger partial charge is 0.220 e. The molecule has 0 aromatic heterocycles. The summed E-state index contributed by atoms with van der Waals surface area (Å²) in [4.78, 5) is 21.5. The maximum atomic E-state index is 11.1. The third kappa shape index (κ3) is 8.56. The van der Waals surface area contributed by atoms with Gasteiger partial charge in [-0.2, -0.15) is 0 Å². The minimum Gasteiger partial charge on any atom is -0.355 e. The first-order valence-corrected chi connectivity index (χ1v) is 4.52. The second-order valence-electron chi connectivity index (χ2n) is 2.78. The molecule has 0 spiro atoms. The molecule has 4 heteroatoms. The van der Waals surface area contributed by atoms with Crippen LogP contribution in [0, 0.1) is 0 Å². The summed E-state index contributed by atoms with van der Waals surface area (Å²) < 4.78 is 0. The molecule has 78 valence electrons. The molecule has 2 N–H and O–H groups in total. The summed E-state index contributed by atoms with van der Waals surface area (Å²) in [5, 5.41) is 5.26. The molecular weight excluding hydrogens is 180 g/mol. The number of nitrogens with one attached hydrogen (secondary N) is 2. The number of rotatable bonds is 6. The summed E-state index contributed by atoms with van der Waals surface area (Å²) in [5.74, 6) is -0.115. The molecule has 0 heterocycles. The molecule has 0 atom stereocenters. The summed E-state index contributed by atoms with van der Waals surface area (Å²) in [6.07, 6.45) is 2.80. The van der Waals surface area contributed by atoms with E-state index in [1.165, 1.54) is 6.92 Å². The molecule has 0 fully saturated rings. The molecule has 0 radical (unpaired) electrons. The second kappa shape index (κ2) is 8.08. The van der Waals surface area contributed by atoms with Crippen molar-refractivity contribution in [3.8, 4) is 0 Å². The van der Waals surface area contributed by atoms with Gasteiger partial charge in [0, 0.05) is 26.4 Å². The Hall–Kier alpha value is -1.54.